The summed E-state index contributed by atoms with van der Waals surface area (Å²) in [6, 6.07) is 0. The maximum atomic E-state index is 10.2. The van der Waals surface area contributed by atoms with Gasteiger partial charge in [-0.05, 0) is 6.92 Å². The number of rotatable bonds is 4. The molecular formula is C9H20N2O5S. The Morgan fingerprint density at radius 1 is 1.35 bits per heavy atom. The third-order valence-corrected chi connectivity index (χ3v) is 2.95. The Balaban J connectivity index is 0.000000366. The quantitative estimate of drug-likeness (QED) is 0.576. The van der Waals surface area contributed by atoms with Crippen LogP contribution in [0.3, 0.4) is 0 Å². The fourth-order valence-electron chi connectivity index (χ4n) is 1.19. The average molecular weight is 268 g/mol. The van der Waals surface area contributed by atoms with Crippen LogP contribution in [-0.2, 0) is 14.9 Å². The van der Waals surface area contributed by atoms with E-state index in [0.29, 0.717) is 6.54 Å². The molecule has 8 heteroatoms. The van der Waals surface area contributed by atoms with Gasteiger partial charge < -0.3 is 15.3 Å². The Morgan fingerprint density at radius 3 is 2.18 bits per heavy atom. The van der Waals surface area contributed by atoms with Crippen molar-refractivity contribution >= 4 is 16.1 Å². The first-order valence-electron chi connectivity index (χ1n) is 5.45. The van der Waals surface area contributed by atoms with Crippen LogP contribution in [0.25, 0.3) is 0 Å². The maximum absolute atomic E-state index is 10.2. The van der Waals surface area contributed by atoms with Crippen molar-refractivity contribution in [2.45, 2.75) is 13.3 Å². The lowest BCUT2D eigenvalue weighted by Crippen LogP contribution is -2.44. The zero-order valence-corrected chi connectivity index (χ0v) is 10.7. The van der Waals surface area contributed by atoms with Crippen LogP contribution in [0.2, 0.25) is 0 Å². The summed E-state index contributed by atoms with van der Waals surface area (Å²) in [5, 5.41) is 11.6. The molecule has 102 valence electrons. The van der Waals surface area contributed by atoms with Crippen molar-refractivity contribution < 1.29 is 22.9 Å². The highest BCUT2D eigenvalue weighted by atomic mass is 32.2. The molecule has 0 bridgehead atoms. The molecule has 7 nitrogen and oxygen atoms in total. The smallest absolute Gasteiger partial charge is 0.304 e. The normalized spacial score (nSPS) is 17.1. The van der Waals surface area contributed by atoms with Crippen LogP contribution in [0.1, 0.15) is 13.3 Å². The first-order valence-corrected chi connectivity index (χ1v) is 7.06. The molecule has 1 saturated heterocycles. The van der Waals surface area contributed by atoms with Crippen molar-refractivity contribution in [3.8, 4) is 0 Å². The zero-order valence-electron chi connectivity index (χ0n) is 9.92. The van der Waals surface area contributed by atoms with Gasteiger partial charge in [-0.1, -0.05) is 0 Å². The molecule has 1 fully saturated rings. The molecule has 0 aromatic carbocycles. The van der Waals surface area contributed by atoms with Crippen molar-refractivity contribution in [2.24, 2.45) is 0 Å². The van der Waals surface area contributed by atoms with Gasteiger partial charge in [-0.2, -0.15) is 8.42 Å². The van der Waals surface area contributed by atoms with E-state index < -0.39 is 16.1 Å². The van der Waals surface area contributed by atoms with Gasteiger partial charge in [0.05, 0.1) is 12.2 Å². The largest absolute Gasteiger partial charge is 0.481 e. The van der Waals surface area contributed by atoms with Crippen molar-refractivity contribution in [2.75, 3.05) is 38.5 Å². The summed E-state index contributed by atoms with van der Waals surface area (Å²) in [6.45, 7) is 5.99. The predicted octanol–water partition coefficient (Wildman–Crippen LogP) is -0.740. The number of hydrogen-bond donors (Lipinski definition) is 3. The first-order chi connectivity index (χ1) is 7.85. The molecule has 0 atom stereocenters. The summed E-state index contributed by atoms with van der Waals surface area (Å²) in [4.78, 5) is 12.4. The summed E-state index contributed by atoms with van der Waals surface area (Å²) in [5.41, 5.74) is 0. The predicted molar refractivity (Wildman–Crippen MR) is 63.7 cm³/mol. The lowest BCUT2D eigenvalue weighted by Gasteiger charge is -2.26. The standard InChI is InChI=1S/C7H14N2O2.C2H6O3S/c10-7(11)1-4-9-5-2-8-3-6-9;1-2-6(3,4)5/h8H,1-6H2,(H,10,11);2H2,1H3,(H,3,4,5). The molecule has 0 saturated carbocycles. The number of piperazine rings is 1. The van der Waals surface area contributed by atoms with Crippen LogP contribution < -0.4 is 5.32 Å². The topological polar surface area (TPSA) is 107 Å². The Hall–Kier alpha value is -0.700. The number of carbonyl (C=O) groups is 1. The Morgan fingerprint density at radius 2 is 1.82 bits per heavy atom. The van der Waals surface area contributed by atoms with Gasteiger partial charge in [0.25, 0.3) is 10.1 Å². The van der Waals surface area contributed by atoms with Gasteiger partial charge >= 0.3 is 5.97 Å². The minimum absolute atomic E-state index is 0.201. The fourth-order valence-corrected chi connectivity index (χ4v) is 1.19. The number of carboxylic acids is 1. The number of hydrogen-bond acceptors (Lipinski definition) is 5. The van der Waals surface area contributed by atoms with Crippen molar-refractivity contribution in [3.05, 3.63) is 0 Å². The summed E-state index contributed by atoms with van der Waals surface area (Å²) >= 11 is 0. The second-order valence-corrected chi connectivity index (χ2v) is 5.35. The zero-order chi connectivity index (χ0) is 13.3. The van der Waals surface area contributed by atoms with E-state index in [1.807, 2.05) is 0 Å². The molecule has 1 rings (SSSR count). The summed E-state index contributed by atoms with van der Waals surface area (Å²) < 4.78 is 26.9. The van der Waals surface area contributed by atoms with Crippen LogP contribution in [0.5, 0.6) is 0 Å². The molecule has 17 heavy (non-hydrogen) atoms. The minimum atomic E-state index is -3.66. The molecular weight excluding hydrogens is 248 g/mol. The van der Waals surface area contributed by atoms with Gasteiger partial charge in [-0.3, -0.25) is 9.35 Å². The van der Waals surface area contributed by atoms with E-state index in [1.54, 1.807) is 0 Å². The molecule has 0 aliphatic carbocycles. The first kappa shape index (κ1) is 16.3. The lowest BCUT2D eigenvalue weighted by molar-refractivity contribution is -0.137. The van der Waals surface area contributed by atoms with E-state index in [4.69, 9.17) is 9.66 Å². The summed E-state index contributed by atoms with van der Waals surface area (Å²) in [6.07, 6.45) is 0.264. The summed E-state index contributed by atoms with van der Waals surface area (Å²) in [7, 11) is -3.66. The van der Waals surface area contributed by atoms with Crippen LogP contribution in [0.4, 0.5) is 0 Å². The molecule has 0 unspecified atom stereocenters. The lowest BCUT2D eigenvalue weighted by atomic mass is 10.3. The van der Waals surface area contributed by atoms with Crippen LogP contribution in [-0.4, -0.2) is 67.4 Å². The van der Waals surface area contributed by atoms with E-state index in [0.717, 1.165) is 26.2 Å². The number of carboxylic acid groups (broad SMARTS) is 1. The molecule has 0 spiro atoms. The van der Waals surface area contributed by atoms with Crippen molar-refractivity contribution in [3.63, 3.8) is 0 Å². The highest BCUT2D eigenvalue weighted by Crippen LogP contribution is 1.93. The maximum Gasteiger partial charge on any atom is 0.304 e. The van der Waals surface area contributed by atoms with Gasteiger partial charge in [0, 0.05) is 32.7 Å². The second-order valence-electron chi connectivity index (χ2n) is 3.61. The monoisotopic (exact) mass is 268 g/mol. The third kappa shape index (κ3) is 11.6. The molecule has 0 aromatic heterocycles. The van der Waals surface area contributed by atoms with Crippen LogP contribution >= 0.6 is 0 Å². The van der Waals surface area contributed by atoms with E-state index in [-0.39, 0.29) is 12.2 Å². The van der Waals surface area contributed by atoms with Gasteiger partial charge in [-0.25, -0.2) is 0 Å². The van der Waals surface area contributed by atoms with Crippen LogP contribution in [0, 0.1) is 0 Å². The Bertz CT molecular complexity index is 311. The van der Waals surface area contributed by atoms with E-state index in [1.165, 1.54) is 6.92 Å². The summed E-state index contributed by atoms with van der Waals surface area (Å²) in [5.74, 6) is -0.906. The van der Waals surface area contributed by atoms with Gasteiger partial charge in [0.15, 0.2) is 0 Å². The second kappa shape index (κ2) is 8.40. The molecule has 0 aromatic rings. The molecule has 1 aliphatic rings. The average Bonchev–Trinajstić information content (AvgIpc) is 2.28. The van der Waals surface area contributed by atoms with Gasteiger partial charge in [0.1, 0.15) is 0 Å². The highest BCUT2D eigenvalue weighted by molar-refractivity contribution is 7.85. The van der Waals surface area contributed by atoms with Gasteiger partial charge in [-0.15, -0.1) is 0 Å². The molecule has 1 aliphatic heterocycles. The van der Waals surface area contributed by atoms with E-state index in [9.17, 15) is 13.2 Å². The Labute approximate surface area is 102 Å². The van der Waals surface area contributed by atoms with Crippen molar-refractivity contribution in [1.29, 1.82) is 0 Å². The molecule has 0 amide bonds. The van der Waals surface area contributed by atoms with E-state index >= 15 is 0 Å². The highest BCUT2D eigenvalue weighted by Gasteiger charge is 2.09. The van der Waals surface area contributed by atoms with Gasteiger partial charge in [0.2, 0.25) is 0 Å². The molecule has 3 N–H and O–H groups in total. The van der Waals surface area contributed by atoms with E-state index in [2.05, 4.69) is 10.2 Å². The molecule has 0 radical (unpaired) electrons. The molecule has 1 heterocycles. The fraction of sp³-hybridized carbons (Fsp3) is 0.889. The Kier molecular flexibility index (Phi) is 8.05. The van der Waals surface area contributed by atoms with Crippen LogP contribution in [0.15, 0.2) is 0 Å². The SMILES string of the molecule is CCS(=O)(=O)O.O=C(O)CCN1CCNCC1. The number of nitrogens with one attached hydrogen (secondary N) is 1. The number of nitrogens with zero attached hydrogens (tertiary/aromatic N) is 1. The minimum Gasteiger partial charge on any atom is -0.481 e. The third-order valence-electron chi connectivity index (χ3n) is 2.22. The van der Waals surface area contributed by atoms with Crippen molar-refractivity contribution in [1.82, 2.24) is 10.2 Å². The number of aliphatic carboxylic acids is 1.